The molecule has 1 fully saturated rings. The van der Waals surface area contributed by atoms with Gasteiger partial charge in [0.15, 0.2) is 9.84 Å². The maximum absolute atomic E-state index is 11.4. The molecule has 17 heavy (non-hydrogen) atoms. The van der Waals surface area contributed by atoms with Gasteiger partial charge in [-0.3, -0.25) is 0 Å². The van der Waals surface area contributed by atoms with Gasteiger partial charge in [-0.2, -0.15) is 0 Å². The number of anilines is 1. The lowest BCUT2D eigenvalue weighted by molar-refractivity contribution is 0.602. The molecule has 0 unspecified atom stereocenters. The smallest absolute Gasteiger partial charge is 0.152 e. The van der Waals surface area contributed by atoms with E-state index in [1.807, 2.05) is 20.8 Å². The van der Waals surface area contributed by atoms with Gasteiger partial charge in [0.05, 0.1) is 11.5 Å². The third-order valence-electron chi connectivity index (χ3n) is 3.07. The van der Waals surface area contributed by atoms with Gasteiger partial charge in [0, 0.05) is 17.3 Å². The molecule has 1 aromatic heterocycles. The average Bonchev–Trinajstić information content (AvgIpc) is 2.54. The highest BCUT2D eigenvalue weighted by Gasteiger charge is 2.28. The highest BCUT2D eigenvalue weighted by Crippen LogP contribution is 2.20. The summed E-state index contributed by atoms with van der Waals surface area (Å²) in [6.07, 6.45) is 0.657. The van der Waals surface area contributed by atoms with Gasteiger partial charge in [-0.1, -0.05) is 0 Å². The fraction of sp³-hybridized carbons (Fsp3) is 0.636. The van der Waals surface area contributed by atoms with Crippen molar-refractivity contribution < 1.29 is 8.42 Å². The highest BCUT2D eigenvalue weighted by molar-refractivity contribution is 7.91. The number of aryl methyl sites for hydroxylation is 2. The Morgan fingerprint density at radius 3 is 2.53 bits per heavy atom. The average molecular weight is 255 g/mol. The zero-order valence-corrected chi connectivity index (χ0v) is 11.1. The molecule has 1 saturated heterocycles. The van der Waals surface area contributed by atoms with E-state index in [0.717, 1.165) is 17.1 Å². The summed E-state index contributed by atoms with van der Waals surface area (Å²) in [4.78, 5) is 8.60. The number of sulfone groups is 1. The van der Waals surface area contributed by atoms with Crippen molar-refractivity contribution in [3.63, 3.8) is 0 Å². The molecule has 2 heterocycles. The molecule has 1 aliphatic heterocycles. The molecule has 2 rings (SSSR count). The predicted molar refractivity (Wildman–Crippen MR) is 66.9 cm³/mol. The first-order valence-electron chi connectivity index (χ1n) is 5.66. The second-order valence-electron chi connectivity index (χ2n) is 4.57. The van der Waals surface area contributed by atoms with Crippen molar-refractivity contribution in [2.75, 3.05) is 16.8 Å². The largest absolute Gasteiger partial charge is 0.366 e. The van der Waals surface area contributed by atoms with Crippen LogP contribution in [0.3, 0.4) is 0 Å². The van der Waals surface area contributed by atoms with Crippen molar-refractivity contribution in [1.82, 2.24) is 9.97 Å². The number of nitrogens with one attached hydrogen (secondary N) is 1. The number of rotatable bonds is 2. The predicted octanol–water partition coefficient (Wildman–Crippen LogP) is 1.00. The Morgan fingerprint density at radius 2 is 1.94 bits per heavy atom. The maximum atomic E-state index is 11.4. The molecular weight excluding hydrogens is 238 g/mol. The van der Waals surface area contributed by atoms with E-state index >= 15 is 0 Å². The van der Waals surface area contributed by atoms with Crippen molar-refractivity contribution in [1.29, 1.82) is 0 Å². The van der Waals surface area contributed by atoms with E-state index in [2.05, 4.69) is 15.3 Å². The second-order valence-corrected chi connectivity index (χ2v) is 6.80. The zero-order chi connectivity index (χ0) is 12.6. The van der Waals surface area contributed by atoms with Crippen LogP contribution in [-0.2, 0) is 9.84 Å². The van der Waals surface area contributed by atoms with E-state index in [1.54, 1.807) is 0 Å². The Hall–Kier alpha value is -1.17. The maximum Gasteiger partial charge on any atom is 0.152 e. The van der Waals surface area contributed by atoms with E-state index in [0.29, 0.717) is 12.2 Å². The molecule has 94 valence electrons. The van der Waals surface area contributed by atoms with Crippen LogP contribution in [0.1, 0.15) is 23.5 Å². The third-order valence-corrected chi connectivity index (χ3v) is 4.84. The number of nitrogens with zero attached hydrogens (tertiary/aromatic N) is 2. The molecule has 1 atom stereocenters. The molecule has 0 aliphatic carbocycles. The number of aromatic nitrogens is 2. The minimum atomic E-state index is -2.85. The molecule has 0 amide bonds. The van der Waals surface area contributed by atoms with Crippen LogP contribution >= 0.6 is 0 Å². The lowest BCUT2D eigenvalue weighted by Crippen LogP contribution is -2.22. The van der Waals surface area contributed by atoms with Crippen molar-refractivity contribution in [3.05, 3.63) is 17.1 Å². The van der Waals surface area contributed by atoms with Crippen LogP contribution in [0, 0.1) is 20.8 Å². The Balaban J connectivity index is 2.20. The number of hydrogen-bond acceptors (Lipinski definition) is 5. The van der Waals surface area contributed by atoms with E-state index < -0.39 is 9.84 Å². The first kappa shape index (κ1) is 12.3. The molecule has 1 aliphatic rings. The van der Waals surface area contributed by atoms with E-state index in [4.69, 9.17) is 0 Å². The van der Waals surface area contributed by atoms with Crippen LogP contribution in [0.4, 0.5) is 5.82 Å². The van der Waals surface area contributed by atoms with Gasteiger partial charge in [0.2, 0.25) is 0 Å². The fourth-order valence-corrected chi connectivity index (χ4v) is 3.68. The van der Waals surface area contributed by atoms with Gasteiger partial charge >= 0.3 is 0 Å². The van der Waals surface area contributed by atoms with Crippen molar-refractivity contribution in [2.24, 2.45) is 0 Å². The lowest BCUT2D eigenvalue weighted by atomic mass is 10.2. The quantitative estimate of drug-likeness (QED) is 0.853. The van der Waals surface area contributed by atoms with E-state index in [9.17, 15) is 8.42 Å². The monoisotopic (exact) mass is 255 g/mol. The summed E-state index contributed by atoms with van der Waals surface area (Å²) >= 11 is 0. The molecule has 0 spiro atoms. The molecule has 0 saturated carbocycles. The Kier molecular flexibility index (Phi) is 3.07. The van der Waals surface area contributed by atoms with E-state index in [1.165, 1.54) is 0 Å². The molecule has 6 heteroatoms. The van der Waals surface area contributed by atoms with Gasteiger partial charge in [0.1, 0.15) is 11.6 Å². The van der Waals surface area contributed by atoms with Crippen LogP contribution in [0.2, 0.25) is 0 Å². The zero-order valence-electron chi connectivity index (χ0n) is 10.3. The van der Waals surface area contributed by atoms with Crippen molar-refractivity contribution in [3.8, 4) is 0 Å². The minimum Gasteiger partial charge on any atom is -0.366 e. The van der Waals surface area contributed by atoms with Crippen LogP contribution in [0.5, 0.6) is 0 Å². The molecule has 5 nitrogen and oxygen atoms in total. The summed E-state index contributed by atoms with van der Waals surface area (Å²) in [6, 6.07) is -0.0209. The summed E-state index contributed by atoms with van der Waals surface area (Å²) in [5, 5.41) is 3.22. The molecule has 1 N–H and O–H groups in total. The van der Waals surface area contributed by atoms with Crippen LogP contribution in [0.25, 0.3) is 0 Å². The Morgan fingerprint density at radius 1 is 1.24 bits per heavy atom. The summed E-state index contributed by atoms with van der Waals surface area (Å²) < 4.78 is 22.8. The van der Waals surface area contributed by atoms with Gasteiger partial charge in [-0.05, 0) is 27.2 Å². The fourth-order valence-electron chi connectivity index (χ4n) is 2.01. The van der Waals surface area contributed by atoms with Crippen LogP contribution in [-0.4, -0.2) is 35.9 Å². The van der Waals surface area contributed by atoms with Crippen molar-refractivity contribution in [2.45, 2.75) is 33.2 Å². The van der Waals surface area contributed by atoms with Gasteiger partial charge < -0.3 is 5.32 Å². The molecule has 0 bridgehead atoms. The second kappa shape index (κ2) is 4.25. The third kappa shape index (κ3) is 2.74. The molecular formula is C11H17N3O2S. The molecule has 0 radical (unpaired) electrons. The minimum absolute atomic E-state index is 0.0209. The van der Waals surface area contributed by atoms with Crippen LogP contribution < -0.4 is 5.32 Å². The molecule has 1 aromatic rings. The summed E-state index contributed by atoms with van der Waals surface area (Å²) in [7, 11) is -2.85. The SMILES string of the molecule is Cc1nc(C)c(C)c(N[C@@H]2CCS(=O)(=O)C2)n1. The summed E-state index contributed by atoms with van der Waals surface area (Å²) in [6.45, 7) is 5.71. The van der Waals surface area contributed by atoms with E-state index in [-0.39, 0.29) is 17.5 Å². The Bertz CT molecular complexity index is 540. The standard InChI is InChI=1S/C11H17N3O2S/c1-7-8(2)12-9(3)13-11(7)14-10-4-5-17(15,16)6-10/h10H,4-6H2,1-3H3,(H,12,13,14)/t10-/m1/s1. The Labute approximate surface area is 102 Å². The first-order chi connectivity index (χ1) is 7.87. The van der Waals surface area contributed by atoms with Crippen LogP contribution in [0.15, 0.2) is 0 Å². The molecule has 0 aromatic carbocycles. The normalized spacial score (nSPS) is 22.6. The highest BCUT2D eigenvalue weighted by atomic mass is 32.2. The topological polar surface area (TPSA) is 72.0 Å². The van der Waals surface area contributed by atoms with Gasteiger partial charge in [0.25, 0.3) is 0 Å². The van der Waals surface area contributed by atoms with Crippen molar-refractivity contribution >= 4 is 15.7 Å². The summed E-state index contributed by atoms with van der Waals surface area (Å²) in [5.41, 5.74) is 1.92. The summed E-state index contributed by atoms with van der Waals surface area (Å²) in [5.74, 6) is 1.94. The van der Waals surface area contributed by atoms with Gasteiger partial charge in [-0.15, -0.1) is 0 Å². The lowest BCUT2D eigenvalue weighted by Gasteiger charge is -2.15. The van der Waals surface area contributed by atoms with Gasteiger partial charge in [-0.25, -0.2) is 18.4 Å². The first-order valence-corrected chi connectivity index (χ1v) is 7.48. The number of hydrogen-bond donors (Lipinski definition) is 1.